The normalized spacial score (nSPS) is 13.3. The lowest BCUT2D eigenvalue weighted by molar-refractivity contribution is -0.158. The lowest BCUT2D eigenvalue weighted by Gasteiger charge is -2.29. The molecule has 19 heteroatoms. The summed E-state index contributed by atoms with van der Waals surface area (Å²) >= 11 is 12.2. The van der Waals surface area contributed by atoms with Crippen molar-refractivity contribution >= 4 is 47.0 Å². The molecule has 17 nitrogen and oxygen atoms in total. The predicted octanol–water partition coefficient (Wildman–Crippen LogP) is 9.34. The van der Waals surface area contributed by atoms with Crippen LogP contribution in [0.5, 0.6) is 11.8 Å². The van der Waals surface area contributed by atoms with Gasteiger partial charge in [0, 0.05) is 36.3 Å². The molecular weight excluding hydrogens is 959 g/mol. The quantitative estimate of drug-likeness (QED) is 0.0463. The van der Waals surface area contributed by atoms with E-state index in [4.69, 9.17) is 57.5 Å². The highest BCUT2D eigenvalue weighted by Crippen LogP contribution is 2.30. The summed E-state index contributed by atoms with van der Waals surface area (Å²) in [6.07, 6.45) is 1.72. The molecule has 6 rings (SSSR count). The minimum absolute atomic E-state index is 0.00145. The number of aliphatic carboxylic acids is 1. The third kappa shape index (κ3) is 17.6. The lowest BCUT2D eigenvalue weighted by Crippen LogP contribution is -2.44. The van der Waals surface area contributed by atoms with Gasteiger partial charge in [0.15, 0.2) is 0 Å². The smallest absolute Gasteiger partial charge is 0.374 e. The standard InChI is InChI=1S/C25H27ClN2O6.C22H28ClNO3.C5H5NO4/c1-25(15-32-2,24(30)31)14-20(27-23(29)21-13-22(33-3)28-34-21)11-16-7-9-17(10-8-16)18-5-4-6-19(26)12-18;1-4-27-21(25)22(2,15-26-3)14-20(24)12-16-8-10-17(11-9-16)18-6-5-7-19(23)13-18;1-9-4-2-3(5(7)8)10-6-4/h4-10,12-13,20H,11,14-15H2,1-3H3,(H,27,29)(H,30,31);5-11,13,20H,4,12,14-15,24H2,1-3H3;2H,1H3,(H,7,8)/t20-,25+;20-,22+;/m11./s1. The Morgan fingerprint density at radius 2 is 1.14 bits per heavy atom. The number of ether oxygens (including phenoxy) is 5. The summed E-state index contributed by atoms with van der Waals surface area (Å²) in [5.41, 5.74) is 10.6. The number of carbonyl (C=O) groups excluding carboxylic acids is 2. The summed E-state index contributed by atoms with van der Waals surface area (Å²) < 4.78 is 34.5. The number of amides is 1. The topological polar surface area (TPSA) is 245 Å². The van der Waals surface area contributed by atoms with Gasteiger partial charge in [-0.1, -0.05) is 96.0 Å². The van der Waals surface area contributed by atoms with Gasteiger partial charge in [-0.15, -0.1) is 0 Å². The lowest BCUT2D eigenvalue weighted by atomic mass is 9.82. The maximum absolute atomic E-state index is 12.8. The highest BCUT2D eigenvalue weighted by Gasteiger charge is 2.38. The molecule has 0 aliphatic carbocycles. The van der Waals surface area contributed by atoms with Crippen LogP contribution in [-0.4, -0.2) is 105 Å². The van der Waals surface area contributed by atoms with E-state index in [1.165, 1.54) is 33.5 Å². The third-order valence-electron chi connectivity index (χ3n) is 11.0. The monoisotopic (exact) mass is 1020 g/mol. The van der Waals surface area contributed by atoms with Gasteiger partial charge in [-0.2, -0.15) is 0 Å². The zero-order chi connectivity index (χ0) is 52.1. The summed E-state index contributed by atoms with van der Waals surface area (Å²) in [5, 5.41) is 29.3. The van der Waals surface area contributed by atoms with Crippen LogP contribution >= 0.6 is 23.2 Å². The van der Waals surface area contributed by atoms with Crippen LogP contribution in [0.1, 0.15) is 65.8 Å². The van der Waals surface area contributed by atoms with Gasteiger partial charge < -0.3 is 54.0 Å². The van der Waals surface area contributed by atoms with E-state index in [1.54, 1.807) is 21.0 Å². The number of aromatic nitrogens is 2. The number of hydrogen-bond donors (Lipinski definition) is 4. The summed E-state index contributed by atoms with van der Waals surface area (Å²) in [6, 6.07) is 33.3. The maximum atomic E-state index is 12.8. The van der Waals surface area contributed by atoms with Crippen molar-refractivity contribution in [3.63, 3.8) is 0 Å². The third-order valence-corrected chi connectivity index (χ3v) is 11.5. The Morgan fingerprint density at radius 3 is 1.56 bits per heavy atom. The van der Waals surface area contributed by atoms with Crippen molar-refractivity contribution in [3.05, 3.63) is 142 Å². The van der Waals surface area contributed by atoms with Crippen molar-refractivity contribution < 1.29 is 62.1 Å². The van der Waals surface area contributed by atoms with Crippen LogP contribution in [0.3, 0.4) is 0 Å². The van der Waals surface area contributed by atoms with E-state index in [2.05, 4.69) is 49.2 Å². The van der Waals surface area contributed by atoms with Gasteiger partial charge in [0.1, 0.15) is 0 Å². The molecule has 4 atom stereocenters. The highest BCUT2D eigenvalue weighted by atomic mass is 35.5. The van der Waals surface area contributed by atoms with Gasteiger partial charge in [-0.25, -0.2) is 4.79 Å². The zero-order valence-electron chi connectivity index (χ0n) is 40.6. The Morgan fingerprint density at radius 1 is 0.662 bits per heavy atom. The molecule has 0 bridgehead atoms. The van der Waals surface area contributed by atoms with Crippen LogP contribution in [0.15, 0.2) is 118 Å². The number of nitrogens with zero attached hydrogens (tertiary/aromatic N) is 2. The summed E-state index contributed by atoms with van der Waals surface area (Å²) in [7, 11) is 5.82. The first-order valence-corrected chi connectivity index (χ1v) is 23.0. The molecule has 0 fully saturated rings. The largest absolute Gasteiger partial charge is 0.481 e. The molecule has 0 saturated carbocycles. The van der Waals surface area contributed by atoms with E-state index < -0.39 is 34.7 Å². The van der Waals surface area contributed by atoms with Crippen LogP contribution < -0.4 is 20.5 Å². The molecule has 0 unspecified atom stereocenters. The van der Waals surface area contributed by atoms with E-state index in [-0.39, 0.29) is 54.9 Å². The SMILES string of the molecule is CCOC(=O)[C@](C)(COC)C[C@H](N)Cc1ccc(-c2cccc(Cl)c2)cc1.COC[C@](C)(C[C@@H](Cc1ccc(-c2cccc(Cl)c2)cc1)NC(=O)c1cc(OC)no1)C(=O)O.COc1cc(C(=O)O)on1. The first kappa shape index (κ1) is 56.8. The molecule has 1 amide bonds. The van der Waals surface area contributed by atoms with Gasteiger partial charge in [0.25, 0.3) is 17.7 Å². The van der Waals surface area contributed by atoms with Crippen LogP contribution in [0.2, 0.25) is 10.0 Å². The Hall–Kier alpha value is -6.76. The van der Waals surface area contributed by atoms with Crippen molar-refractivity contribution in [2.24, 2.45) is 16.6 Å². The molecule has 5 N–H and O–H groups in total. The van der Waals surface area contributed by atoms with Crippen molar-refractivity contribution in [1.29, 1.82) is 0 Å². The van der Waals surface area contributed by atoms with Crippen LogP contribution in [0.4, 0.5) is 0 Å². The van der Waals surface area contributed by atoms with E-state index in [0.29, 0.717) is 30.9 Å². The minimum Gasteiger partial charge on any atom is -0.481 e. The number of carboxylic acid groups (broad SMARTS) is 2. The average molecular weight is 1020 g/mol. The fourth-order valence-corrected chi connectivity index (χ4v) is 7.87. The Labute approximate surface area is 422 Å². The number of aromatic carboxylic acids is 1. The Balaban J connectivity index is 0.000000262. The van der Waals surface area contributed by atoms with Crippen molar-refractivity contribution in [3.8, 4) is 34.0 Å². The molecule has 0 saturated heterocycles. The number of esters is 1. The van der Waals surface area contributed by atoms with Crippen LogP contribution in [0.25, 0.3) is 22.3 Å². The van der Waals surface area contributed by atoms with Gasteiger partial charge in [-0.05, 0) is 114 Å². The second-order valence-electron chi connectivity index (χ2n) is 16.9. The second-order valence-corrected chi connectivity index (χ2v) is 17.8. The number of carbonyl (C=O) groups is 4. The molecular formula is C52H60Cl2N4O13. The van der Waals surface area contributed by atoms with Gasteiger partial charge in [0.2, 0.25) is 11.5 Å². The fraction of sp³-hybridized carbons (Fsp3) is 0.346. The van der Waals surface area contributed by atoms with Gasteiger partial charge >= 0.3 is 17.9 Å². The molecule has 0 radical (unpaired) electrons. The molecule has 380 valence electrons. The number of rotatable bonds is 22. The first-order valence-electron chi connectivity index (χ1n) is 22.2. The second kappa shape index (κ2) is 27.6. The van der Waals surface area contributed by atoms with Crippen molar-refractivity contribution in [1.82, 2.24) is 15.6 Å². The fourth-order valence-electron chi connectivity index (χ4n) is 7.49. The number of nitrogens with two attached hydrogens (primary N) is 1. The number of halogens is 2. The predicted molar refractivity (Wildman–Crippen MR) is 267 cm³/mol. The number of benzene rings is 4. The number of methoxy groups -OCH3 is 4. The molecule has 2 aromatic heterocycles. The molecule has 0 spiro atoms. The van der Waals surface area contributed by atoms with E-state index in [0.717, 1.165) is 38.4 Å². The van der Waals surface area contributed by atoms with E-state index in [1.807, 2.05) is 79.7 Å². The van der Waals surface area contributed by atoms with E-state index in [9.17, 15) is 24.3 Å². The average Bonchev–Trinajstić information content (AvgIpc) is 4.04. The summed E-state index contributed by atoms with van der Waals surface area (Å²) in [6.45, 7) is 5.87. The number of carboxylic acids is 2. The maximum Gasteiger partial charge on any atom is 0.374 e. The molecule has 6 aromatic rings. The number of hydrogen-bond acceptors (Lipinski definition) is 14. The Kier molecular flexibility index (Phi) is 22.1. The minimum atomic E-state index is -1.20. The van der Waals surface area contributed by atoms with Gasteiger partial charge in [-0.3, -0.25) is 14.4 Å². The molecule has 0 aliphatic rings. The summed E-state index contributed by atoms with van der Waals surface area (Å²) in [5.74, 6) is -2.86. The highest BCUT2D eigenvalue weighted by molar-refractivity contribution is 6.31. The molecule has 71 heavy (non-hydrogen) atoms. The first-order chi connectivity index (χ1) is 33.8. The van der Waals surface area contributed by atoms with E-state index >= 15 is 0 Å². The molecule has 0 aliphatic heterocycles. The molecule has 4 aromatic carbocycles. The van der Waals surface area contributed by atoms with Crippen molar-refractivity contribution in [2.45, 2.75) is 58.5 Å². The Bertz CT molecular complexity index is 2640. The summed E-state index contributed by atoms with van der Waals surface area (Å²) in [4.78, 5) is 47.2. The van der Waals surface area contributed by atoms with Crippen LogP contribution in [-0.2, 0) is 36.6 Å². The zero-order valence-corrected chi connectivity index (χ0v) is 42.1. The van der Waals surface area contributed by atoms with Gasteiger partial charge in [0.05, 0.1) is 57.0 Å². The molecule has 2 heterocycles. The number of nitrogens with one attached hydrogen (secondary N) is 1. The van der Waals surface area contributed by atoms with Crippen LogP contribution in [0, 0.1) is 10.8 Å². The van der Waals surface area contributed by atoms with Crippen molar-refractivity contribution in [2.75, 3.05) is 48.3 Å².